The molecule has 1 amide bonds. The quantitative estimate of drug-likeness (QED) is 0.845. The zero-order valence-electron chi connectivity index (χ0n) is 14.0. The van der Waals surface area contributed by atoms with E-state index < -0.39 is 5.97 Å². The molecule has 1 saturated heterocycles. The van der Waals surface area contributed by atoms with Crippen molar-refractivity contribution in [3.8, 4) is 5.75 Å². The molecule has 0 radical (unpaired) electrons. The number of nitrogens with one attached hydrogen (secondary N) is 1. The third-order valence-corrected chi connectivity index (χ3v) is 4.21. The van der Waals surface area contributed by atoms with Crippen LogP contribution in [0.2, 0.25) is 0 Å². The maximum absolute atomic E-state index is 11.9. The second kappa shape index (κ2) is 7.25. The summed E-state index contributed by atoms with van der Waals surface area (Å²) in [5, 5.41) is 12.3. The Morgan fingerprint density at radius 1 is 1.28 bits per heavy atom. The summed E-state index contributed by atoms with van der Waals surface area (Å²) in [5.74, 6) is -0.188. The maximum atomic E-state index is 11.9. The molecule has 0 spiro atoms. The highest BCUT2D eigenvalue weighted by Crippen LogP contribution is 2.33. The van der Waals surface area contributed by atoms with Crippen LogP contribution in [0.15, 0.2) is 42.5 Å². The van der Waals surface area contributed by atoms with E-state index in [0.29, 0.717) is 25.3 Å². The molecular weight excluding hydrogens is 320 g/mol. The number of hydrogen-bond acceptors (Lipinski definition) is 4. The first kappa shape index (κ1) is 16.8. The first-order chi connectivity index (χ1) is 12.1. The Labute approximate surface area is 146 Å². The van der Waals surface area contributed by atoms with E-state index in [4.69, 9.17) is 9.84 Å². The summed E-state index contributed by atoms with van der Waals surface area (Å²) >= 11 is 0. The summed E-state index contributed by atoms with van der Waals surface area (Å²) in [5.41, 5.74) is 2.76. The summed E-state index contributed by atoms with van der Waals surface area (Å²) in [7, 11) is 1.58. The molecule has 0 unspecified atom stereocenters. The minimum Gasteiger partial charge on any atom is -0.494 e. The first-order valence-electron chi connectivity index (χ1n) is 8.13. The number of carboxylic acids is 1. The van der Waals surface area contributed by atoms with Crippen LogP contribution in [0.1, 0.15) is 28.8 Å². The SMILES string of the molecule is COc1cc(NCc2cccc(C(=O)O)c2)ccc1N1CCCC1=O. The van der Waals surface area contributed by atoms with Gasteiger partial charge in [0.1, 0.15) is 5.75 Å². The number of carbonyl (C=O) groups is 2. The van der Waals surface area contributed by atoms with Crippen molar-refractivity contribution < 1.29 is 19.4 Å². The smallest absolute Gasteiger partial charge is 0.335 e. The Kier molecular flexibility index (Phi) is 4.88. The number of amides is 1. The van der Waals surface area contributed by atoms with E-state index in [1.54, 1.807) is 30.2 Å². The third kappa shape index (κ3) is 3.74. The zero-order valence-corrected chi connectivity index (χ0v) is 14.0. The third-order valence-electron chi connectivity index (χ3n) is 4.21. The zero-order chi connectivity index (χ0) is 17.8. The molecule has 0 aliphatic carbocycles. The molecule has 2 aromatic rings. The number of nitrogens with zero attached hydrogens (tertiary/aromatic N) is 1. The van der Waals surface area contributed by atoms with E-state index in [1.165, 1.54) is 0 Å². The van der Waals surface area contributed by atoms with Crippen molar-refractivity contribution >= 4 is 23.3 Å². The number of hydrogen-bond donors (Lipinski definition) is 2. The maximum Gasteiger partial charge on any atom is 0.335 e. The number of rotatable bonds is 6. The standard InChI is InChI=1S/C19H20N2O4/c1-25-17-11-15(7-8-16(17)21-9-3-6-18(21)22)20-12-13-4-2-5-14(10-13)19(23)24/h2,4-5,7-8,10-11,20H,3,6,9,12H2,1H3,(H,23,24). The van der Waals surface area contributed by atoms with Gasteiger partial charge in [0.15, 0.2) is 0 Å². The molecule has 2 aromatic carbocycles. The van der Waals surface area contributed by atoms with Crippen LogP contribution in [0, 0.1) is 0 Å². The normalized spacial score (nSPS) is 13.8. The first-order valence-corrected chi connectivity index (χ1v) is 8.13. The van der Waals surface area contributed by atoms with Crippen LogP contribution in [0.25, 0.3) is 0 Å². The molecule has 0 bridgehead atoms. The van der Waals surface area contributed by atoms with E-state index in [-0.39, 0.29) is 11.5 Å². The molecule has 2 N–H and O–H groups in total. The van der Waals surface area contributed by atoms with Gasteiger partial charge in [0.05, 0.1) is 18.4 Å². The average molecular weight is 340 g/mol. The molecule has 0 saturated carbocycles. The van der Waals surface area contributed by atoms with Crippen molar-refractivity contribution in [1.29, 1.82) is 0 Å². The van der Waals surface area contributed by atoms with Gasteiger partial charge in [0.25, 0.3) is 0 Å². The predicted octanol–water partition coefficient (Wildman–Crippen LogP) is 3.13. The summed E-state index contributed by atoms with van der Waals surface area (Å²) in [4.78, 5) is 24.7. The molecule has 0 aromatic heterocycles. The lowest BCUT2D eigenvalue weighted by Gasteiger charge is -2.20. The molecule has 0 atom stereocenters. The molecule has 1 aliphatic rings. The van der Waals surface area contributed by atoms with Crippen LogP contribution < -0.4 is 15.0 Å². The van der Waals surface area contributed by atoms with Crippen LogP contribution in [0.5, 0.6) is 5.75 Å². The van der Waals surface area contributed by atoms with Gasteiger partial charge in [-0.3, -0.25) is 4.79 Å². The summed E-state index contributed by atoms with van der Waals surface area (Å²) in [6, 6.07) is 12.4. The molecule has 130 valence electrons. The minimum absolute atomic E-state index is 0.115. The number of methoxy groups -OCH3 is 1. The van der Waals surface area contributed by atoms with E-state index in [2.05, 4.69) is 5.32 Å². The van der Waals surface area contributed by atoms with Crippen LogP contribution in [-0.4, -0.2) is 30.6 Å². The van der Waals surface area contributed by atoms with Crippen molar-refractivity contribution in [2.75, 3.05) is 23.9 Å². The van der Waals surface area contributed by atoms with E-state index >= 15 is 0 Å². The van der Waals surface area contributed by atoms with Crippen molar-refractivity contribution in [2.45, 2.75) is 19.4 Å². The van der Waals surface area contributed by atoms with Gasteiger partial charge in [0, 0.05) is 31.3 Å². The molecule has 1 fully saturated rings. The highest BCUT2D eigenvalue weighted by atomic mass is 16.5. The lowest BCUT2D eigenvalue weighted by Crippen LogP contribution is -2.24. The van der Waals surface area contributed by atoms with Gasteiger partial charge in [-0.1, -0.05) is 12.1 Å². The minimum atomic E-state index is -0.942. The fourth-order valence-corrected chi connectivity index (χ4v) is 2.93. The van der Waals surface area contributed by atoms with Gasteiger partial charge in [-0.05, 0) is 36.2 Å². The van der Waals surface area contributed by atoms with E-state index in [9.17, 15) is 9.59 Å². The second-order valence-corrected chi connectivity index (χ2v) is 5.89. The molecule has 6 nitrogen and oxygen atoms in total. The van der Waals surface area contributed by atoms with Crippen molar-refractivity contribution in [3.05, 3.63) is 53.6 Å². The molecule has 25 heavy (non-hydrogen) atoms. The Balaban J connectivity index is 1.74. The fourth-order valence-electron chi connectivity index (χ4n) is 2.93. The Hall–Kier alpha value is -3.02. The van der Waals surface area contributed by atoms with Gasteiger partial charge in [0.2, 0.25) is 5.91 Å². The Bertz CT molecular complexity index is 804. The lowest BCUT2D eigenvalue weighted by molar-refractivity contribution is -0.117. The number of aromatic carboxylic acids is 1. The number of carbonyl (C=O) groups excluding carboxylic acids is 1. The average Bonchev–Trinajstić information content (AvgIpc) is 3.05. The Morgan fingerprint density at radius 2 is 2.12 bits per heavy atom. The largest absolute Gasteiger partial charge is 0.494 e. The van der Waals surface area contributed by atoms with Crippen LogP contribution >= 0.6 is 0 Å². The van der Waals surface area contributed by atoms with Crippen LogP contribution in [0.4, 0.5) is 11.4 Å². The summed E-state index contributed by atoms with van der Waals surface area (Å²) in [6.07, 6.45) is 1.44. The molecule has 3 rings (SSSR count). The van der Waals surface area contributed by atoms with Gasteiger partial charge < -0.3 is 20.1 Å². The fraction of sp³-hybridized carbons (Fsp3) is 0.263. The van der Waals surface area contributed by atoms with E-state index in [1.807, 2.05) is 24.3 Å². The van der Waals surface area contributed by atoms with Gasteiger partial charge in [-0.2, -0.15) is 0 Å². The van der Waals surface area contributed by atoms with Crippen LogP contribution in [-0.2, 0) is 11.3 Å². The molecule has 1 aliphatic heterocycles. The lowest BCUT2D eigenvalue weighted by atomic mass is 10.1. The molecular formula is C19H20N2O4. The number of ether oxygens (including phenoxy) is 1. The second-order valence-electron chi connectivity index (χ2n) is 5.89. The highest BCUT2D eigenvalue weighted by Gasteiger charge is 2.24. The monoisotopic (exact) mass is 340 g/mol. The van der Waals surface area contributed by atoms with Crippen molar-refractivity contribution in [1.82, 2.24) is 0 Å². The van der Waals surface area contributed by atoms with E-state index in [0.717, 1.165) is 23.4 Å². The summed E-state index contributed by atoms with van der Waals surface area (Å²) in [6.45, 7) is 1.20. The number of anilines is 2. The Morgan fingerprint density at radius 3 is 2.80 bits per heavy atom. The van der Waals surface area contributed by atoms with Crippen molar-refractivity contribution in [2.24, 2.45) is 0 Å². The van der Waals surface area contributed by atoms with Gasteiger partial charge >= 0.3 is 5.97 Å². The molecule has 6 heteroatoms. The predicted molar refractivity (Wildman–Crippen MR) is 95.3 cm³/mol. The summed E-state index contributed by atoms with van der Waals surface area (Å²) < 4.78 is 5.44. The van der Waals surface area contributed by atoms with Gasteiger partial charge in [-0.15, -0.1) is 0 Å². The van der Waals surface area contributed by atoms with Crippen LogP contribution in [0.3, 0.4) is 0 Å². The number of carboxylic acid groups (broad SMARTS) is 1. The highest BCUT2D eigenvalue weighted by molar-refractivity contribution is 5.97. The number of benzene rings is 2. The van der Waals surface area contributed by atoms with Gasteiger partial charge in [-0.25, -0.2) is 4.79 Å². The topological polar surface area (TPSA) is 78.9 Å². The molecule has 1 heterocycles. The van der Waals surface area contributed by atoms with Crippen molar-refractivity contribution in [3.63, 3.8) is 0 Å².